The summed E-state index contributed by atoms with van der Waals surface area (Å²) in [7, 11) is 0. The van der Waals surface area contributed by atoms with Crippen molar-refractivity contribution in [2.45, 2.75) is 19.3 Å². The molecule has 6 nitrogen and oxygen atoms in total. The van der Waals surface area contributed by atoms with Gasteiger partial charge in [0.1, 0.15) is 5.69 Å². The predicted molar refractivity (Wildman–Crippen MR) is 68.0 cm³/mol. The topological polar surface area (TPSA) is 95.8 Å². The average molecular weight is 237 g/mol. The number of aromatic amines is 1. The molecule has 0 spiro atoms. The zero-order chi connectivity index (χ0) is 12.1. The Bertz CT molecular complexity index is 411. The number of hydrogen-bond acceptors (Lipinski definition) is 5. The van der Waals surface area contributed by atoms with Crippen molar-refractivity contribution in [3.63, 3.8) is 0 Å². The number of nitrogens with one attached hydrogen (secondary N) is 3. The third-order valence-corrected chi connectivity index (χ3v) is 3.13. The summed E-state index contributed by atoms with van der Waals surface area (Å²) in [6.07, 6.45) is 4.95. The monoisotopic (exact) mass is 237 g/mol. The van der Waals surface area contributed by atoms with Gasteiger partial charge in [0.25, 0.3) is 5.56 Å². The number of anilines is 2. The van der Waals surface area contributed by atoms with Crippen LogP contribution in [0.3, 0.4) is 0 Å². The Kier molecular flexibility index (Phi) is 3.98. The normalized spacial score (nSPS) is 20.1. The second-order valence-corrected chi connectivity index (χ2v) is 4.42. The number of nitrogens with two attached hydrogens (primary N) is 1. The highest BCUT2D eigenvalue weighted by Crippen LogP contribution is 2.14. The molecule has 1 unspecified atom stereocenters. The third-order valence-electron chi connectivity index (χ3n) is 3.13. The summed E-state index contributed by atoms with van der Waals surface area (Å²) < 4.78 is 0. The lowest BCUT2D eigenvalue weighted by molar-refractivity contribution is 0.364. The van der Waals surface area contributed by atoms with Crippen molar-refractivity contribution in [3.8, 4) is 0 Å². The van der Waals surface area contributed by atoms with Gasteiger partial charge in [0.05, 0.1) is 6.33 Å². The molecule has 0 aliphatic carbocycles. The zero-order valence-corrected chi connectivity index (χ0v) is 9.83. The Morgan fingerprint density at radius 1 is 1.59 bits per heavy atom. The van der Waals surface area contributed by atoms with Crippen molar-refractivity contribution in [2.75, 3.05) is 30.7 Å². The van der Waals surface area contributed by atoms with Crippen LogP contribution in [0.5, 0.6) is 0 Å². The number of rotatable bonds is 4. The van der Waals surface area contributed by atoms with E-state index in [2.05, 4.69) is 20.6 Å². The van der Waals surface area contributed by atoms with E-state index < -0.39 is 0 Å². The molecule has 6 heteroatoms. The molecule has 17 heavy (non-hydrogen) atoms. The molecule has 1 aromatic rings. The zero-order valence-electron chi connectivity index (χ0n) is 9.83. The molecule has 0 radical (unpaired) electrons. The van der Waals surface area contributed by atoms with Gasteiger partial charge < -0.3 is 21.4 Å². The molecule has 1 fully saturated rings. The lowest BCUT2D eigenvalue weighted by atomic mass is 9.96. The SMILES string of the molecule is Nc1c(NCCC2CCCNC2)nc[nH]c1=O. The van der Waals surface area contributed by atoms with Gasteiger partial charge in [-0.15, -0.1) is 0 Å². The van der Waals surface area contributed by atoms with Gasteiger partial charge in [0, 0.05) is 6.54 Å². The number of aromatic nitrogens is 2. The van der Waals surface area contributed by atoms with Crippen LogP contribution in [0.2, 0.25) is 0 Å². The summed E-state index contributed by atoms with van der Waals surface area (Å²) in [5.41, 5.74) is 5.49. The number of nitrogen functional groups attached to an aromatic ring is 1. The molecule has 0 aromatic carbocycles. The van der Waals surface area contributed by atoms with Crippen molar-refractivity contribution in [1.29, 1.82) is 0 Å². The van der Waals surface area contributed by atoms with Gasteiger partial charge in [-0.05, 0) is 38.3 Å². The van der Waals surface area contributed by atoms with Gasteiger partial charge in [0.15, 0.2) is 5.82 Å². The third kappa shape index (κ3) is 3.20. The van der Waals surface area contributed by atoms with Crippen LogP contribution in [0.4, 0.5) is 11.5 Å². The number of nitrogens with zero attached hydrogens (tertiary/aromatic N) is 1. The second-order valence-electron chi connectivity index (χ2n) is 4.42. The maximum Gasteiger partial charge on any atom is 0.276 e. The Morgan fingerprint density at radius 2 is 2.47 bits per heavy atom. The lowest BCUT2D eigenvalue weighted by Crippen LogP contribution is -2.31. The van der Waals surface area contributed by atoms with Crippen LogP contribution in [-0.2, 0) is 0 Å². The van der Waals surface area contributed by atoms with Gasteiger partial charge >= 0.3 is 0 Å². The van der Waals surface area contributed by atoms with E-state index in [1.807, 2.05) is 0 Å². The molecule has 0 bridgehead atoms. The highest BCUT2D eigenvalue weighted by Gasteiger charge is 2.12. The smallest absolute Gasteiger partial charge is 0.276 e. The molecule has 1 aliphatic rings. The van der Waals surface area contributed by atoms with E-state index in [0.717, 1.165) is 26.1 Å². The van der Waals surface area contributed by atoms with Gasteiger partial charge in [-0.2, -0.15) is 0 Å². The number of H-pyrrole nitrogens is 1. The van der Waals surface area contributed by atoms with Crippen molar-refractivity contribution < 1.29 is 0 Å². The van der Waals surface area contributed by atoms with Crippen molar-refractivity contribution in [2.24, 2.45) is 5.92 Å². The quantitative estimate of drug-likeness (QED) is 0.598. The molecule has 0 saturated carbocycles. The second kappa shape index (κ2) is 5.67. The van der Waals surface area contributed by atoms with E-state index in [4.69, 9.17) is 5.73 Å². The summed E-state index contributed by atoms with van der Waals surface area (Å²) in [4.78, 5) is 17.7. The van der Waals surface area contributed by atoms with Crippen LogP contribution in [0.25, 0.3) is 0 Å². The molecule has 1 atom stereocenters. The largest absolute Gasteiger partial charge is 0.391 e. The Hall–Kier alpha value is -1.56. The minimum absolute atomic E-state index is 0.161. The minimum Gasteiger partial charge on any atom is -0.391 e. The molecule has 0 amide bonds. The van der Waals surface area contributed by atoms with Crippen molar-refractivity contribution in [1.82, 2.24) is 15.3 Å². The van der Waals surface area contributed by atoms with Gasteiger partial charge in [-0.3, -0.25) is 4.79 Å². The van der Waals surface area contributed by atoms with E-state index in [1.54, 1.807) is 0 Å². The highest BCUT2D eigenvalue weighted by atomic mass is 16.1. The summed E-state index contributed by atoms with van der Waals surface area (Å²) in [5, 5.41) is 6.50. The molecule has 1 aromatic heterocycles. The maximum atomic E-state index is 11.2. The Labute approximate surface area is 100 Å². The molecule has 5 N–H and O–H groups in total. The van der Waals surface area contributed by atoms with E-state index in [0.29, 0.717) is 11.7 Å². The van der Waals surface area contributed by atoms with Crippen molar-refractivity contribution >= 4 is 11.5 Å². The van der Waals surface area contributed by atoms with Gasteiger partial charge in [-0.1, -0.05) is 0 Å². The van der Waals surface area contributed by atoms with E-state index in [9.17, 15) is 4.79 Å². The lowest BCUT2D eigenvalue weighted by Gasteiger charge is -2.22. The fourth-order valence-corrected chi connectivity index (χ4v) is 2.12. The molecule has 94 valence electrons. The van der Waals surface area contributed by atoms with Crippen LogP contribution in [0, 0.1) is 5.92 Å². The number of hydrogen-bond donors (Lipinski definition) is 4. The Morgan fingerprint density at radius 3 is 3.24 bits per heavy atom. The first-order valence-electron chi connectivity index (χ1n) is 6.05. The fourth-order valence-electron chi connectivity index (χ4n) is 2.12. The molecule has 1 aliphatic heterocycles. The molecular weight excluding hydrogens is 218 g/mol. The molecule has 2 rings (SSSR count). The first-order chi connectivity index (χ1) is 8.27. The predicted octanol–water partition coefficient (Wildman–Crippen LogP) is 0.154. The summed E-state index contributed by atoms with van der Waals surface area (Å²) in [6, 6.07) is 0. The van der Waals surface area contributed by atoms with Crippen molar-refractivity contribution in [3.05, 3.63) is 16.7 Å². The first kappa shape index (κ1) is 11.9. The first-order valence-corrected chi connectivity index (χ1v) is 6.05. The van der Waals surface area contributed by atoms with E-state index in [1.165, 1.54) is 19.2 Å². The minimum atomic E-state index is -0.290. The fraction of sp³-hybridized carbons (Fsp3) is 0.636. The summed E-state index contributed by atoms with van der Waals surface area (Å²) in [5.74, 6) is 1.19. The Balaban J connectivity index is 1.81. The molecular formula is C11H19N5O. The molecule has 1 saturated heterocycles. The summed E-state index contributed by atoms with van der Waals surface area (Å²) in [6.45, 7) is 3.01. The van der Waals surface area contributed by atoms with Crippen LogP contribution in [-0.4, -0.2) is 29.6 Å². The van der Waals surface area contributed by atoms with E-state index >= 15 is 0 Å². The van der Waals surface area contributed by atoms with E-state index in [-0.39, 0.29) is 11.2 Å². The van der Waals surface area contributed by atoms with Gasteiger partial charge in [-0.25, -0.2) is 4.98 Å². The van der Waals surface area contributed by atoms with Crippen LogP contribution >= 0.6 is 0 Å². The standard InChI is InChI=1S/C11H19N5O/c12-9-10(15-7-16-11(9)17)14-5-3-8-2-1-4-13-6-8/h7-8,13H,1-6,12H2,(H2,14,15,16,17). The highest BCUT2D eigenvalue weighted by molar-refractivity contribution is 5.58. The van der Waals surface area contributed by atoms with Crippen LogP contribution in [0.15, 0.2) is 11.1 Å². The van der Waals surface area contributed by atoms with Gasteiger partial charge in [0.2, 0.25) is 0 Å². The summed E-state index contributed by atoms with van der Waals surface area (Å²) >= 11 is 0. The number of piperidine rings is 1. The molecule has 2 heterocycles. The average Bonchev–Trinajstić information content (AvgIpc) is 2.36. The van der Waals surface area contributed by atoms with Crippen LogP contribution < -0.4 is 21.9 Å². The maximum absolute atomic E-state index is 11.2. The van der Waals surface area contributed by atoms with Crippen LogP contribution in [0.1, 0.15) is 19.3 Å².